The highest BCUT2D eigenvalue weighted by Crippen LogP contribution is 2.25. The van der Waals surface area contributed by atoms with E-state index in [-0.39, 0.29) is 12.1 Å². The van der Waals surface area contributed by atoms with Gasteiger partial charge in [0.25, 0.3) is 0 Å². The van der Waals surface area contributed by atoms with E-state index in [1.165, 1.54) is 11.1 Å². The fraction of sp³-hybridized carbons (Fsp3) is 0.353. The number of hydrogen-bond donors (Lipinski definition) is 1. The van der Waals surface area contributed by atoms with Crippen molar-refractivity contribution in [3.8, 4) is 0 Å². The third-order valence-corrected chi connectivity index (χ3v) is 4.16. The fourth-order valence-electron chi connectivity index (χ4n) is 2.64. The number of hydrogen-bond acceptors (Lipinski definition) is 3. The second-order valence-corrected chi connectivity index (χ2v) is 6.36. The lowest BCUT2D eigenvalue weighted by atomic mass is 9.99. The van der Waals surface area contributed by atoms with Gasteiger partial charge in [0.05, 0.1) is 0 Å². The molecule has 0 amide bonds. The van der Waals surface area contributed by atoms with Crippen LogP contribution in [0.1, 0.15) is 24.1 Å². The van der Waals surface area contributed by atoms with E-state index in [1.807, 2.05) is 18.5 Å². The topological polar surface area (TPSA) is 42.1 Å². The van der Waals surface area contributed by atoms with Crippen molar-refractivity contribution in [1.29, 1.82) is 0 Å². The van der Waals surface area contributed by atoms with Gasteiger partial charge >= 0.3 is 0 Å². The lowest BCUT2D eigenvalue weighted by Crippen LogP contribution is -2.38. The molecule has 0 aliphatic rings. The number of halogens is 1. The molecule has 0 radical (unpaired) electrons. The molecule has 1 heterocycles. The third kappa shape index (κ3) is 4.63. The molecule has 2 atom stereocenters. The minimum atomic E-state index is 0.0711. The van der Waals surface area contributed by atoms with Crippen molar-refractivity contribution in [3.63, 3.8) is 0 Å². The molecule has 2 N–H and O–H groups in total. The van der Waals surface area contributed by atoms with Gasteiger partial charge in [-0.15, -0.1) is 0 Å². The molecular formula is C17H22BrN3. The summed E-state index contributed by atoms with van der Waals surface area (Å²) in [6, 6.07) is 12.8. The maximum absolute atomic E-state index is 6.22. The molecule has 3 nitrogen and oxygen atoms in total. The lowest BCUT2D eigenvalue weighted by Gasteiger charge is -2.31. The van der Waals surface area contributed by atoms with Crippen LogP contribution in [0, 0.1) is 0 Å². The SMILES string of the molecule is CC(N)C(c1cccc(Br)c1)N(C)CCc1ccncc1. The van der Waals surface area contributed by atoms with Gasteiger partial charge in [-0.25, -0.2) is 0 Å². The average molecular weight is 348 g/mol. The predicted octanol–water partition coefficient (Wildman–Crippen LogP) is 3.41. The molecule has 0 spiro atoms. The number of nitrogens with zero attached hydrogens (tertiary/aromatic N) is 2. The van der Waals surface area contributed by atoms with Crippen LogP contribution in [0.5, 0.6) is 0 Å². The highest BCUT2D eigenvalue weighted by atomic mass is 79.9. The van der Waals surface area contributed by atoms with Gasteiger partial charge in [0, 0.05) is 35.5 Å². The van der Waals surface area contributed by atoms with Crippen LogP contribution in [-0.4, -0.2) is 29.5 Å². The molecule has 0 saturated carbocycles. The molecule has 4 heteroatoms. The summed E-state index contributed by atoms with van der Waals surface area (Å²) in [6.45, 7) is 3.03. The van der Waals surface area contributed by atoms with E-state index in [9.17, 15) is 0 Å². The molecule has 112 valence electrons. The van der Waals surface area contributed by atoms with Gasteiger partial charge in [-0.1, -0.05) is 28.1 Å². The number of rotatable bonds is 6. The first-order valence-corrected chi connectivity index (χ1v) is 7.97. The number of nitrogens with two attached hydrogens (primary N) is 1. The van der Waals surface area contributed by atoms with Gasteiger partial charge in [0.15, 0.2) is 0 Å². The van der Waals surface area contributed by atoms with Crippen LogP contribution in [0.25, 0.3) is 0 Å². The van der Waals surface area contributed by atoms with E-state index in [1.54, 1.807) is 0 Å². The van der Waals surface area contributed by atoms with Crippen LogP contribution in [0.15, 0.2) is 53.3 Å². The lowest BCUT2D eigenvalue weighted by molar-refractivity contribution is 0.221. The minimum absolute atomic E-state index is 0.0711. The Morgan fingerprint density at radius 3 is 2.57 bits per heavy atom. The Labute approximate surface area is 135 Å². The molecule has 2 rings (SSSR count). The van der Waals surface area contributed by atoms with Gasteiger partial charge in [0.2, 0.25) is 0 Å². The molecular weight excluding hydrogens is 326 g/mol. The third-order valence-electron chi connectivity index (χ3n) is 3.67. The molecule has 21 heavy (non-hydrogen) atoms. The summed E-state index contributed by atoms with van der Waals surface area (Å²) in [5.41, 5.74) is 8.77. The van der Waals surface area contributed by atoms with Crippen molar-refractivity contribution >= 4 is 15.9 Å². The van der Waals surface area contributed by atoms with E-state index in [0.717, 1.165) is 17.4 Å². The summed E-state index contributed by atoms with van der Waals surface area (Å²) in [7, 11) is 2.14. The normalized spacial score (nSPS) is 14.1. The highest BCUT2D eigenvalue weighted by molar-refractivity contribution is 9.10. The van der Waals surface area contributed by atoms with Gasteiger partial charge in [-0.3, -0.25) is 9.88 Å². The van der Waals surface area contributed by atoms with Crippen LogP contribution >= 0.6 is 15.9 Å². The van der Waals surface area contributed by atoms with Gasteiger partial charge < -0.3 is 5.73 Å². The smallest absolute Gasteiger partial charge is 0.0494 e. The fourth-order valence-corrected chi connectivity index (χ4v) is 3.06. The van der Waals surface area contributed by atoms with Gasteiger partial charge in [-0.2, -0.15) is 0 Å². The minimum Gasteiger partial charge on any atom is -0.326 e. The second-order valence-electron chi connectivity index (χ2n) is 5.45. The summed E-state index contributed by atoms with van der Waals surface area (Å²) >= 11 is 3.54. The molecule has 0 aliphatic carbocycles. The first kappa shape index (κ1) is 16.1. The summed E-state index contributed by atoms with van der Waals surface area (Å²) in [6.07, 6.45) is 4.68. The summed E-state index contributed by atoms with van der Waals surface area (Å²) in [4.78, 5) is 6.38. The zero-order chi connectivity index (χ0) is 15.2. The van der Waals surface area contributed by atoms with E-state index in [4.69, 9.17) is 5.73 Å². The van der Waals surface area contributed by atoms with Crippen LogP contribution in [0.4, 0.5) is 0 Å². The molecule has 0 fully saturated rings. The number of aromatic nitrogens is 1. The highest BCUT2D eigenvalue weighted by Gasteiger charge is 2.21. The predicted molar refractivity (Wildman–Crippen MR) is 91.1 cm³/mol. The van der Waals surface area contributed by atoms with Crippen LogP contribution < -0.4 is 5.73 Å². The molecule has 2 unspecified atom stereocenters. The Morgan fingerprint density at radius 2 is 1.95 bits per heavy atom. The van der Waals surface area contributed by atoms with Gasteiger partial charge in [-0.05, 0) is 55.8 Å². The standard InChI is InChI=1S/C17H22BrN3/c1-13(19)17(15-4-3-5-16(18)12-15)21(2)11-8-14-6-9-20-10-7-14/h3-7,9-10,12-13,17H,8,11,19H2,1-2H3. The molecule has 1 aromatic heterocycles. The number of likely N-dealkylation sites (N-methyl/N-ethyl adjacent to an activating group) is 1. The Hall–Kier alpha value is -1.23. The zero-order valence-corrected chi connectivity index (χ0v) is 14.1. The van der Waals surface area contributed by atoms with Gasteiger partial charge in [0.1, 0.15) is 0 Å². The van der Waals surface area contributed by atoms with Crippen molar-refractivity contribution in [1.82, 2.24) is 9.88 Å². The van der Waals surface area contributed by atoms with E-state index >= 15 is 0 Å². The maximum atomic E-state index is 6.22. The maximum Gasteiger partial charge on any atom is 0.0494 e. The molecule has 0 aliphatic heterocycles. The molecule has 2 aromatic rings. The van der Waals surface area contributed by atoms with Crippen LogP contribution in [0.2, 0.25) is 0 Å². The monoisotopic (exact) mass is 347 g/mol. The van der Waals surface area contributed by atoms with Crippen molar-refractivity contribution in [2.45, 2.75) is 25.4 Å². The Morgan fingerprint density at radius 1 is 1.24 bits per heavy atom. The Balaban J connectivity index is 2.07. The van der Waals surface area contributed by atoms with Crippen LogP contribution in [0.3, 0.4) is 0 Å². The van der Waals surface area contributed by atoms with E-state index < -0.39 is 0 Å². The molecule has 0 bridgehead atoms. The van der Waals surface area contributed by atoms with E-state index in [0.29, 0.717) is 0 Å². The Bertz CT molecular complexity index is 557. The average Bonchev–Trinajstić information content (AvgIpc) is 2.46. The molecule has 1 aromatic carbocycles. The van der Waals surface area contributed by atoms with Crippen molar-refractivity contribution < 1.29 is 0 Å². The summed E-state index contributed by atoms with van der Waals surface area (Å²) < 4.78 is 1.09. The summed E-state index contributed by atoms with van der Waals surface area (Å²) in [5.74, 6) is 0. The quantitative estimate of drug-likeness (QED) is 0.870. The number of benzene rings is 1. The van der Waals surface area contributed by atoms with E-state index in [2.05, 4.69) is 70.1 Å². The molecule has 0 saturated heterocycles. The van der Waals surface area contributed by atoms with Crippen LogP contribution in [-0.2, 0) is 6.42 Å². The summed E-state index contributed by atoms with van der Waals surface area (Å²) in [5, 5.41) is 0. The van der Waals surface area contributed by atoms with Crippen molar-refractivity contribution in [3.05, 3.63) is 64.4 Å². The van der Waals surface area contributed by atoms with Crippen molar-refractivity contribution in [2.75, 3.05) is 13.6 Å². The zero-order valence-electron chi connectivity index (χ0n) is 12.5. The Kier molecular flexibility index (Phi) is 5.91. The first-order chi connectivity index (χ1) is 10.1. The second kappa shape index (κ2) is 7.69. The van der Waals surface area contributed by atoms with Crippen molar-refractivity contribution in [2.24, 2.45) is 5.73 Å². The number of pyridine rings is 1. The first-order valence-electron chi connectivity index (χ1n) is 7.18. The largest absolute Gasteiger partial charge is 0.326 e.